The van der Waals surface area contributed by atoms with Gasteiger partial charge in [-0.2, -0.15) is 5.10 Å². The number of rotatable bonds is 4. The Hall–Kier alpha value is -3.00. The molecule has 0 unspecified atom stereocenters. The summed E-state index contributed by atoms with van der Waals surface area (Å²) >= 11 is 1.64. The Morgan fingerprint density at radius 3 is 2.83 bits per heavy atom. The highest BCUT2D eigenvalue weighted by molar-refractivity contribution is 7.18. The van der Waals surface area contributed by atoms with Crippen LogP contribution in [-0.2, 0) is 26.4 Å². The quantitative estimate of drug-likeness (QED) is 0.553. The molecule has 3 heterocycles. The molecule has 4 aromatic rings. The highest BCUT2D eigenvalue weighted by atomic mass is 32.1. The van der Waals surface area contributed by atoms with Crippen LogP contribution in [0.2, 0.25) is 0 Å². The molecular formula is C21H20FN5OS. The summed E-state index contributed by atoms with van der Waals surface area (Å²) in [7, 11) is 1.74. The third-order valence-electron chi connectivity index (χ3n) is 5.34. The molecule has 1 aromatic carbocycles. The first-order valence-electron chi connectivity index (χ1n) is 9.63. The number of nitrogens with zero attached hydrogens (tertiary/aromatic N) is 4. The van der Waals surface area contributed by atoms with Crippen LogP contribution in [-0.4, -0.2) is 19.3 Å². The van der Waals surface area contributed by atoms with E-state index >= 15 is 0 Å². The van der Waals surface area contributed by atoms with Gasteiger partial charge >= 0.3 is 0 Å². The van der Waals surface area contributed by atoms with E-state index in [1.165, 1.54) is 29.0 Å². The molecule has 0 aliphatic heterocycles. The molecule has 0 fully saturated rings. The number of benzene rings is 1. The number of aromatic nitrogens is 4. The Morgan fingerprint density at radius 1 is 1.21 bits per heavy atom. The van der Waals surface area contributed by atoms with Crippen molar-refractivity contribution in [1.82, 2.24) is 19.3 Å². The Bertz CT molecular complexity index is 1250. The average Bonchev–Trinajstić information content (AvgIpc) is 3.31. The van der Waals surface area contributed by atoms with Crippen LogP contribution < -0.4 is 10.9 Å². The summed E-state index contributed by atoms with van der Waals surface area (Å²) in [6.07, 6.45) is 7.86. The number of nitrogens with one attached hydrogen (secondary N) is 1. The van der Waals surface area contributed by atoms with E-state index in [-0.39, 0.29) is 11.4 Å². The average molecular weight is 409 g/mol. The zero-order valence-corrected chi connectivity index (χ0v) is 16.8. The maximum absolute atomic E-state index is 13.1. The smallest absolute Gasteiger partial charge is 0.263 e. The minimum absolute atomic E-state index is 0.00407. The van der Waals surface area contributed by atoms with Gasteiger partial charge in [-0.15, -0.1) is 11.3 Å². The van der Waals surface area contributed by atoms with Gasteiger partial charge in [0.1, 0.15) is 10.6 Å². The van der Waals surface area contributed by atoms with Gasteiger partial charge in [-0.3, -0.25) is 14.0 Å². The molecule has 5 rings (SSSR count). The molecular weight excluding hydrogens is 389 g/mol. The van der Waals surface area contributed by atoms with Crippen LogP contribution in [0.5, 0.6) is 0 Å². The van der Waals surface area contributed by atoms with Crippen molar-refractivity contribution >= 4 is 33.2 Å². The number of aryl methyl sites for hydroxylation is 2. The van der Waals surface area contributed by atoms with Crippen molar-refractivity contribution in [2.45, 2.75) is 32.2 Å². The van der Waals surface area contributed by atoms with E-state index in [1.807, 2.05) is 6.20 Å². The van der Waals surface area contributed by atoms with Crippen LogP contribution in [0.25, 0.3) is 10.2 Å². The zero-order chi connectivity index (χ0) is 20.0. The standard InChI is InChI=1S/C21H20FN5OS/c1-26-20(28)18-16-4-2-3-5-17(16)29-19(18)25-21(26)24-15-10-23-27(12-15)11-13-6-8-14(22)9-7-13/h6-10,12H,2-5,11H2,1H3,(H,24,25). The molecule has 3 aromatic heterocycles. The van der Waals surface area contributed by atoms with Crippen LogP contribution in [0.3, 0.4) is 0 Å². The van der Waals surface area contributed by atoms with E-state index in [0.29, 0.717) is 12.5 Å². The molecule has 1 N–H and O–H groups in total. The molecule has 1 aliphatic carbocycles. The van der Waals surface area contributed by atoms with Gasteiger partial charge in [0.2, 0.25) is 5.95 Å². The van der Waals surface area contributed by atoms with Crippen LogP contribution >= 0.6 is 11.3 Å². The lowest BCUT2D eigenvalue weighted by Gasteiger charge is -2.11. The van der Waals surface area contributed by atoms with Crippen molar-refractivity contribution in [2.24, 2.45) is 7.05 Å². The van der Waals surface area contributed by atoms with Gasteiger partial charge in [-0.25, -0.2) is 9.37 Å². The highest BCUT2D eigenvalue weighted by Gasteiger charge is 2.21. The van der Waals surface area contributed by atoms with Crippen molar-refractivity contribution in [1.29, 1.82) is 0 Å². The van der Waals surface area contributed by atoms with Gasteiger partial charge in [0, 0.05) is 18.1 Å². The minimum Gasteiger partial charge on any atom is -0.323 e. The summed E-state index contributed by atoms with van der Waals surface area (Å²) in [4.78, 5) is 19.8. The highest BCUT2D eigenvalue weighted by Crippen LogP contribution is 2.34. The summed E-state index contributed by atoms with van der Waals surface area (Å²) in [5.74, 6) is 0.247. The van der Waals surface area contributed by atoms with Gasteiger partial charge in [-0.1, -0.05) is 12.1 Å². The molecule has 0 bridgehead atoms. The molecule has 6 nitrogen and oxygen atoms in total. The number of fused-ring (bicyclic) bond motifs is 3. The molecule has 29 heavy (non-hydrogen) atoms. The molecule has 8 heteroatoms. The van der Waals surface area contributed by atoms with Crippen LogP contribution in [0.4, 0.5) is 16.0 Å². The number of hydrogen-bond donors (Lipinski definition) is 1. The van der Waals surface area contributed by atoms with Crippen molar-refractivity contribution in [3.8, 4) is 0 Å². The molecule has 148 valence electrons. The van der Waals surface area contributed by atoms with Crippen molar-refractivity contribution in [3.05, 3.63) is 68.8 Å². The molecule has 1 aliphatic rings. The van der Waals surface area contributed by atoms with Gasteiger partial charge in [0.15, 0.2) is 0 Å². The second-order valence-electron chi connectivity index (χ2n) is 7.37. The Balaban J connectivity index is 1.43. The zero-order valence-electron chi connectivity index (χ0n) is 16.0. The van der Waals surface area contributed by atoms with Crippen molar-refractivity contribution < 1.29 is 4.39 Å². The van der Waals surface area contributed by atoms with E-state index in [1.54, 1.807) is 46.0 Å². The SMILES string of the molecule is Cn1c(Nc2cnn(Cc3ccc(F)cc3)c2)nc2sc3c(c2c1=O)CCCC3. The van der Waals surface area contributed by atoms with Gasteiger partial charge in [0.25, 0.3) is 5.56 Å². The summed E-state index contributed by atoms with van der Waals surface area (Å²) in [6, 6.07) is 6.35. The second kappa shape index (κ2) is 7.11. The van der Waals surface area contributed by atoms with Crippen LogP contribution in [0, 0.1) is 5.82 Å². The first-order valence-corrected chi connectivity index (χ1v) is 10.5. The number of hydrogen-bond acceptors (Lipinski definition) is 5. The lowest BCUT2D eigenvalue weighted by atomic mass is 9.97. The first kappa shape index (κ1) is 18.1. The topological polar surface area (TPSA) is 64.7 Å². The van der Waals surface area contributed by atoms with Gasteiger partial charge in [0.05, 0.1) is 23.8 Å². The summed E-state index contributed by atoms with van der Waals surface area (Å²) in [5.41, 5.74) is 2.89. The fourth-order valence-electron chi connectivity index (χ4n) is 3.82. The molecule has 0 amide bonds. The minimum atomic E-state index is -0.255. The van der Waals surface area contributed by atoms with Crippen LogP contribution in [0.15, 0.2) is 41.5 Å². The van der Waals surface area contributed by atoms with Crippen LogP contribution in [0.1, 0.15) is 28.8 Å². The fourth-order valence-corrected chi connectivity index (χ4v) is 5.07. The summed E-state index contributed by atoms with van der Waals surface area (Å²) in [6.45, 7) is 0.533. The molecule has 0 saturated carbocycles. The molecule has 0 spiro atoms. The number of halogens is 1. The Morgan fingerprint density at radius 2 is 2.00 bits per heavy atom. The number of thiophene rings is 1. The van der Waals surface area contributed by atoms with E-state index in [9.17, 15) is 9.18 Å². The Labute approximate surface area is 170 Å². The molecule has 0 radical (unpaired) electrons. The molecule has 0 atom stereocenters. The predicted octanol–water partition coefficient (Wildman–Crippen LogP) is 4.00. The lowest BCUT2D eigenvalue weighted by molar-refractivity contribution is 0.624. The van der Waals surface area contributed by atoms with E-state index in [2.05, 4.69) is 10.4 Å². The van der Waals surface area contributed by atoms with E-state index in [4.69, 9.17) is 4.98 Å². The normalized spacial score (nSPS) is 13.6. The lowest BCUT2D eigenvalue weighted by Crippen LogP contribution is -2.21. The first-order chi connectivity index (χ1) is 14.1. The maximum Gasteiger partial charge on any atom is 0.263 e. The fraction of sp³-hybridized carbons (Fsp3) is 0.286. The van der Waals surface area contributed by atoms with E-state index < -0.39 is 0 Å². The van der Waals surface area contributed by atoms with Crippen molar-refractivity contribution in [2.75, 3.05) is 5.32 Å². The predicted molar refractivity (Wildman–Crippen MR) is 113 cm³/mol. The second-order valence-corrected chi connectivity index (χ2v) is 8.45. The monoisotopic (exact) mass is 409 g/mol. The summed E-state index contributed by atoms with van der Waals surface area (Å²) < 4.78 is 16.4. The third kappa shape index (κ3) is 3.33. The van der Waals surface area contributed by atoms with Crippen molar-refractivity contribution in [3.63, 3.8) is 0 Å². The maximum atomic E-state index is 13.1. The summed E-state index contributed by atoms with van der Waals surface area (Å²) in [5, 5.41) is 8.34. The van der Waals surface area contributed by atoms with Gasteiger partial charge < -0.3 is 5.32 Å². The largest absolute Gasteiger partial charge is 0.323 e. The molecule has 0 saturated heterocycles. The number of anilines is 2. The van der Waals surface area contributed by atoms with E-state index in [0.717, 1.165) is 40.7 Å². The Kier molecular flexibility index (Phi) is 4.43. The third-order valence-corrected chi connectivity index (χ3v) is 6.53. The van der Waals surface area contributed by atoms with Gasteiger partial charge in [-0.05, 0) is 48.9 Å².